The van der Waals surface area contributed by atoms with E-state index >= 15 is 0 Å². The molecule has 2 heterocycles. The van der Waals surface area contributed by atoms with Crippen molar-refractivity contribution in [1.29, 1.82) is 5.26 Å². The van der Waals surface area contributed by atoms with Gasteiger partial charge < -0.3 is 9.47 Å². The number of nitrogens with zero attached hydrogens (tertiary/aromatic N) is 5. The lowest BCUT2D eigenvalue weighted by molar-refractivity contribution is 0.705. The third-order valence-corrected chi connectivity index (χ3v) is 5.24. The predicted octanol–water partition coefficient (Wildman–Crippen LogP) is 4.67. The van der Waals surface area contributed by atoms with Crippen LogP contribution < -0.4 is 10.5 Å². The van der Waals surface area contributed by atoms with Gasteiger partial charge >= 0.3 is 0 Å². The number of fused-ring (bicyclic) bond motifs is 1. The SMILES string of the molecule is CCCN(CCC)c1nc2c(C#N)cn(-c3ccccc3)c2c(=O)n1-c1ccccc1. The smallest absolute Gasteiger partial charge is 0.284 e. The van der Waals surface area contributed by atoms with Crippen LogP contribution in [0.2, 0.25) is 0 Å². The van der Waals surface area contributed by atoms with E-state index in [0.717, 1.165) is 37.3 Å². The van der Waals surface area contributed by atoms with Crippen LogP contribution in [0.3, 0.4) is 0 Å². The second kappa shape index (κ2) is 8.88. The van der Waals surface area contributed by atoms with E-state index in [1.54, 1.807) is 15.3 Å². The monoisotopic (exact) mass is 411 g/mol. The minimum atomic E-state index is -0.186. The zero-order valence-electron chi connectivity index (χ0n) is 17.8. The molecule has 0 atom stereocenters. The second-order valence-corrected chi connectivity index (χ2v) is 7.43. The normalized spacial score (nSPS) is 10.9. The van der Waals surface area contributed by atoms with Crippen molar-refractivity contribution in [3.05, 3.63) is 82.8 Å². The fourth-order valence-electron chi connectivity index (χ4n) is 3.91. The van der Waals surface area contributed by atoms with Crippen LogP contribution in [0.5, 0.6) is 0 Å². The molecule has 0 bridgehead atoms. The summed E-state index contributed by atoms with van der Waals surface area (Å²) in [4.78, 5) is 21.0. The molecule has 0 fully saturated rings. The fraction of sp³-hybridized carbons (Fsp3) is 0.240. The summed E-state index contributed by atoms with van der Waals surface area (Å²) in [6.07, 6.45) is 3.56. The molecular formula is C25H25N5O. The molecule has 0 amide bonds. The Kier molecular flexibility index (Phi) is 5.85. The van der Waals surface area contributed by atoms with E-state index in [2.05, 4.69) is 24.8 Å². The van der Waals surface area contributed by atoms with Crippen LogP contribution in [0.4, 0.5) is 5.95 Å². The van der Waals surface area contributed by atoms with Crippen LogP contribution in [0.25, 0.3) is 22.4 Å². The summed E-state index contributed by atoms with van der Waals surface area (Å²) in [5.74, 6) is 0.578. The lowest BCUT2D eigenvalue weighted by Gasteiger charge is -2.26. The van der Waals surface area contributed by atoms with E-state index < -0.39 is 0 Å². The maximum atomic E-state index is 14.0. The van der Waals surface area contributed by atoms with Crippen molar-refractivity contribution in [2.75, 3.05) is 18.0 Å². The van der Waals surface area contributed by atoms with Crippen LogP contribution in [-0.2, 0) is 0 Å². The van der Waals surface area contributed by atoms with Crippen LogP contribution in [0, 0.1) is 11.3 Å². The van der Waals surface area contributed by atoms with Gasteiger partial charge in [-0.2, -0.15) is 5.26 Å². The highest BCUT2D eigenvalue weighted by atomic mass is 16.1. The minimum absolute atomic E-state index is 0.186. The minimum Gasteiger partial charge on any atom is -0.342 e. The molecular weight excluding hydrogens is 386 g/mol. The number of nitriles is 1. The molecule has 0 spiro atoms. The summed E-state index contributed by atoms with van der Waals surface area (Å²) in [5, 5.41) is 9.78. The highest BCUT2D eigenvalue weighted by molar-refractivity contribution is 5.85. The molecule has 4 aromatic rings. The van der Waals surface area contributed by atoms with Gasteiger partial charge in [0.2, 0.25) is 5.95 Å². The van der Waals surface area contributed by atoms with E-state index in [-0.39, 0.29) is 5.56 Å². The van der Waals surface area contributed by atoms with Crippen LogP contribution in [0.15, 0.2) is 71.7 Å². The van der Waals surface area contributed by atoms with E-state index in [0.29, 0.717) is 22.5 Å². The lowest BCUT2D eigenvalue weighted by Crippen LogP contribution is -2.34. The van der Waals surface area contributed by atoms with Gasteiger partial charge in [0.05, 0.1) is 11.3 Å². The first-order chi connectivity index (χ1) is 15.2. The Balaban J connectivity index is 2.11. The molecule has 0 radical (unpaired) electrons. The van der Waals surface area contributed by atoms with E-state index in [9.17, 15) is 10.1 Å². The maximum Gasteiger partial charge on any atom is 0.284 e. The van der Waals surface area contributed by atoms with Gasteiger partial charge in [0.15, 0.2) is 0 Å². The molecule has 31 heavy (non-hydrogen) atoms. The van der Waals surface area contributed by atoms with Gasteiger partial charge in [-0.1, -0.05) is 50.2 Å². The molecule has 6 nitrogen and oxygen atoms in total. The van der Waals surface area contributed by atoms with Gasteiger partial charge in [-0.05, 0) is 37.1 Å². The highest BCUT2D eigenvalue weighted by Gasteiger charge is 2.23. The number of para-hydroxylation sites is 2. The van der Waals surface area contributed by atoms with Crippen LogP contribution in [-0.4, -0.2) is 27.2 Å². The number of rotatable bonds is 7. The summed E-state index contributed by atoms with van der Waals surface area (Å²) >= 11 is 0. The van der Waals surface area contributed by atoms with Crippen LogP contribution >= 0.6 is 0 Å². The third-order valence-electron chi connectivity index (χ3n) is 5.24. The Morgan fingerprint density at radius 3 is 2.06 bits per heavy atom. The van der Waals surface area contributed by atoms with Crippen molar-refractivity contribution in [2.45, 2.75) is 26.7 Å². The molecule has 0 N–H and O–H groups in total. The second-order valence-electron chi connectivity index (χ2n) is 7.43. The van der Waals surface area contributed by atoms with Crippen molar-refractivity contribution in [3.8, 4) is 17.4 Å². The molecule has 156 valence electrons. The molecule has 6 heteroatoms. The summed E-state index contributed by atoms with van der Waals surface area (Å²) < 4.78 is 3.45. The molecule has 0 saturated carbocycles. The molecule has 2 aromatic carbocycles. The zero-order valence-corrected chi connectivity index (χ0v) is 17.8. The summed E-state index contributed by atoms with van der Waals surface area (Å²) in [5.41, 5.74) is 2.63. The Hall–Kier alpha value is -3.85. The fourth-order valence-corrected chi connectivity index (χ4v) is 3.91. The van der Waals surface area contributed by atoms with Gasteiger partial charge in [0.1, 0.15) is 17.1 Å². The molecule has 0 aliphatic rings. The summed E-state index contributed by atoms with van der Waals surface area (Å²) in [6.45, 7) is 5.78. The number of aromatic nitrogens is 3. The maximum absolute atomic E-state index is 14.0. The number of anilines is 1. The number of benzene rings is 2. The van der Waals surface area contributed by atoms with E-state index in [1.165, 1.54) is 0 Å². The third kappa shape index (κ3) is 3.71. The first-order valence-corrected chi connectivity index (χ1v) is 10.6. The molecule has 0 unspecified atom stereocenters. The number of hydrogen-bond acceptors (Lipinski definition) is 4. The zero-order chi connectivity index (χ0) is 21.8. The lowest BCUT2D eigenvalue weighted by atomic mass is 10.2. The van der Waals surface area contributed by atoms with Crippen molar-refractivity contribution in [3.63, 3.8) is 0 Å². The molecule has 0 aliphatic heterocycles. The molecule has 0 aliphatic carbocycles. The van der Waals surface area contributed by atoms with Crippen molar-refractivity contribution >= 4 is 17.0 Å². The first kappa shape index (κ1) is 20.4. The molecule has 2 aromatic heterocycles. The van der Waals surface area contributed by atoms with E-state index in [4.69, 9.17) is 4.98 Å². The van der Waals surface area contributed by atoms with Crippen LogP contribution in [0.1, 0.15) is 32.3 Å². The highest BCUT2D eigenvalue weighted by Crippen LogP contribution is 2.25. The van der Waals surface area contributed by atoms with Gasteiger partial charge in [0, 0.05) is 25.0 Å². The Morgan fingerprint density at radius 1 is 0.935 bits per heavy atom. The van der Waals surface area contributed by atoms with Crippen molar-refractivity contribution < 1.29 is 0 Å². The molecule has 0 saturated heterocycles. The van der Waals surface area contributed by atoms with Gasteiger partial charge in [-0.15, -0.1) is 0 Å². The quantitative estimate of drug-likeness (QED) is 0.443. The number of hydrogen-bond donors (Lipinski definition) is 0. The first-order valence-electron chi connectivity index (χ1n) is 10.6. The Morgan fingerprint density at radius 2 is 1.52 bits per heavy atom. The summed E-state index contributed by atoms with van der Waals surface area (Å²) in [6, 6.07) is 21.4. The topological polar surface area (TPSA) is 66.8 Å². The van der Waals surface area contributed by atoms with E-state index in [1.807, 2.05) is 60.7 Å². The van der Waals surface area contributed by atoms with Gasteiger partial charge in [-0.3, -0.25) is 4.79 Å². The van der Waals surface area contributed by atoms with Gasteiger partial charge in [-0.25, -0.2) is 9.55 Å². The van der Waals surface area contributed by atoms with Gasteiger partial charge in [0.25, 0.3) is 5.56 Å². The Labute approximate surface area is 181 Å². The summed E-state index contributed by atoms with van der Waals surface area (Å²) in [7, 11) is 0. The van der Waals surface area contributed by atoms with Crippen molar-refractivity contribution in [1.82, 2.24) is 14.1 Å². The molecule has 4 rings (SSSR count). The standard InChI is InChI=1S/C25H25N5O/c1-3-15-28(16-4-2)25-27-22-19(17-26)18-29(20-11-7-5-8-12-20)23(22)24(31)30(25)21-13-9-6-10-14-21/h5-14,18H,3-4,15-16H2,1-2H3. The average molecular weight is 412 g/mol. The average Bonchev–Trinajstić information content (AvgIpc) is 3.19. The van der Waals surface area contributed by atoms with Crippen molar-refractivity contribution in [2.24, 2.45) is 0 Å². The largest absolute Gasteiger partial charge is 0.342 e. The Bertz CT molecular complexity index is 1280. The predicted molar refractivity (Wildman–Crippen MR) is 124 cm³/mol.